The van der Waals surface area contributed by atoms with Gasteiger partial charge in [-0.15, -0.1) is 0 Å². The molecule has 9 heteroatoms. The molecule has 34 heavy (non-hydrogen) atoms. The van der Waals surface area contributed by atoms with E-state index in [1.54, 1.807) is 36.0 Å². The number of hydrogen-bond donors (Lipinski definition) is 2. The smallest absolute Gasteiger partial charge is 0.320 e. The van der Waals surface area contributed by atoms with Gasteiger partial charge < -0.3 is 14.6 Å². The number of carbonyl (C=O) groups is 1. The fourth-order valence-corrected chi connectivity index (χ4v) is 4.15. The summed E-state index contributed by atoms with van der Waals surface area (Å²) in [5.41, 5.74) is 1.93. The third-order valence-electron chi connectivity index (χ3n) is 6.04. The number of methoxy groups -OCH3 is 1. The van der Waals surface area contributed by atoms with Crippen molar-refractivity contribution in [2.24, 2.45) is 7.05 Å². The highest BCUT2D eigenvalue weighted by molar-refractivity contribution is 5.93. The normalized spacial score (nSPS) is 18.7. The van der Waals surface area contributed by atoms with Crippen LogP contribution in [0.5, 0.6) is 0 Å². The second-order valence-electron chi connectivity index (χ2n) is 8.21. The number of hydrogen-bond acceptors (Lipinski definition) is 4. The topological polar surface area (TPSA) is 71.4 Å². The van der Waals surface area contributed by atoms with Crippen LogP contribution in [0.4, 0.5) is 19.4 Å². The first kappa shape index (κ1) is 25.3. The summed E-state index contributed by atoms with van der Waals surface area (Å²) >= 11 is 0. The molecule has 0 radical (unpaired) electrons. The average Bonchev–Trinajstić information content (AvgIpc) is 3.33. The van der Waals surface area contributed by atoms with Gasteiger partial charge in [-0.05, 0) is 24.6 Å². The van der Waals surface area contributed by atoms with Crippen LogP contribution in [0, 0.1) is 18.6 Å². The average molecular weight is 476 g/mol. The molecule has 2 atom stereocenters. The summed E-state index contributed by atoms with van der Waals surface area (Å²) < 4.78 is 34.4. The summed E-state index contributed by atoms with van der Waals surface area (Å²) in [7, 11) is 3.43. The number of anilines is 1. The Hall–Kier alpha value is -3.30. The van der Waals surface area contributed by atoms with E-state index >= 15 is 0 Å². The standard InChI is InChI=1S/C25H31F2N5O2.2H2/c1-6-8-17(7-2)23-24(31(4)16(3)28-23)30-25(33)29-22-15-32(11-12-34-5)14-19(22)18-9-10-20(26)21(27)13-18;;/h6-10,13,19,22H,1-2,11-12,14-15H2,3-5H3,(H2,29,30,33);2*1H/b17-8+;;/t19-,22+;;/m0../s1. The molecule has 1 aromatic heterocycles. The lowest BCUT2D eigenvalue weighted by atomic mass is 9.94. The zero-order valence-corrected chi connectivity index (χ0v) is 19.8. The first-order valence-electron chi connectivity index (χ1n) is 11.0. The first-order chi connectivity index (χ1) is 16.3. The largest absolute Gasteiger partial charge is 0.383 e. The van der Waals surface area contributed by atoms with Crippen LogP contribution < -0.4 is 10.6 Å². The molecule has 1 aromatic carbocycles. The van der Waals surface area contributed by atoms with Gasteiger partial charge in [0.15, 0.2) is 11.6 Å². The van der Waals surface area contributed by atoms with Crippen molar-refractivity contribution in [3.05, 3.63) is 78.3 Å². The van der Waals surface area contributed by atoms with Crippen molar-refractivity contribution in [2.75, 3.05) is 38.7 Å². The molecule has 2 N–H and O–H groups in total. The molecule has 2 heterocycles. The number of amides is 2. The molecular weight excluding hydrogens is 440 g/mol. The van der Waals surface area contributed by atoms with Gasteiger partial charge in [0, 0.05) is 48.1 Å². The van der Waals surface area contributed by atoms with Gasteiger partial charge in [0.1, 0.15) is 17.3 Å². The lowest BCUT2D eigenvalue weighted by Gasteiger charge is -2.21. The molecule has 2 aromatic rings. The highest BCUT2D eigenvalue weighted by Gasteiger charge is 2.35. The number of aromatic nitrogens is 2. The van der Waals surface area contributed by atoms with Crippen LogP contribution >= 0.6 is 0 Å². The molecule has 1 saturated heterocycles. The van der Waals surface area contributed by atoms with E-state index in [0.29, 0.717) is 49.1 Å². The van der Waals surface area contributed by atoms with E-state index in [1.807, 2.05) is 14.0 Å². The number of nitrogens with one attached hydrogen (secondary N) is 2. The maximum absolute atomic E-state index is 13.9. The van der Waals surface area contributed by atoms with Gasteiger partial charge in [-0.3, -0.25) is 10.2 Å². The molecule has 0 bridgehead atoms. The van der Waals surface area contributed by atoms with Crippen LogP contribution in [0.2, 0.25) is 0 Å². The molecule has 3 rings (SSSR count). The summed E-state index contributed by atoms with van der Waals surface area (Å²) in [6.45, 7) is 11.7. The van der Waals surface area contributed by atoms with E-state index in [1.165, 1.54) is 6.07 Å². The van der Waals surface area contributed by atoms with Crippen molar-refractivity contribution in [2.45, 2.75) is 18.9 Å². The number of halogens is 2. The minimum atomic E-state index is -0.906. The molecule has 0 unspecified atom stereocenters. The molecule has 1 aliphatic rings. The van der Waals surface area contributed by atoms with Crippen molar-refractivity contribution >= 4 is 17.4 Å². The highest BCUT2D eigenvalue weighted by atomic mass is 19.2. The Kier molecular flexibility index (Phi) is 8.36. The van der Waals surface area contributed by atoms with Crippen molar-refractivity contribution in [1.82, 2.24) is 19.8 Å². The fourth-order valence-electron chi connectivity index (χ4n) is 4.15. The molecule has 0 saturated carbocycles. The van der Waals surface area contributed by atoms with Gasteiger partial charge in [0.05, 0.1) is 12.6 Å². The van der Waals surface area contributed by atoms with Crippen LogP contribution in [0.3, 0.4) is 0 Å². The zero-order chi connectivity index (χ0) is 24.8. The molecule has 1 fully saturated rings. The molecule has 1 aliphatic heterocycles. The predicted molar refractivity (Wildman–Crippen MR) is 134 cm³/mol. The van der Waals surface area contributed by atoms with E-state index in [4.69, 9.17) is 4.74 Å². The summed E-state index contributed by atoms with van der Waals surface area (Å²) in [5, 5.41) is 5.91. The first-order valence-corrected chi connectivity index (χ1v) is 11.0. The summed E-state index contributed by atoms with van der Waals surface area (Å²) in [6, 6.07) is 3.15. The van der Waals surface area contributed by atoms with Gasteiger partial charge in [0.2, 0.25) is 0 Å². The number of carbonyl (C=O) groups excluding carboxylic acids is 1. The van der Waals surface area contributed by atoms with Crippen LogP contribution in [0.15, 0.2) is 49.6 Å². The maximum atomic E-state index is 13.9. The molecule has 186 valence electrons. The van der Waals surface area contributed by atoms with Crippen LogP contribution in [-0.2, 0) is 11.8 Å². The summed E-state index contributed by atoms with van der Waals surface area (Å²) in [4.78, 5) is 19.7. The Bertz CT molecular complexity index is 1110. The number of imidazole rings is 1. The van der Waals surface area contributed by atoms with Crippen molar-refractivity contribution < 1.29 is 21.2 Å². The Morgan fingerprint density at radius 2 is 2.09 bits per heavy atom. The fraction of sp³-hybridized carbons (Fsp3) is 0.360. The number of nitrogens with zero attached hydrogens (tertiary/aromatic N) is 3. The minimum Gasteiger partial charge on any atom is -0.383 e. The SMILES string of the molecule is C=C/C=C(\C=C)c1nc(C)n(C)c1NC(=O)N[C@@H]1CN(CCOC)C[C@H]1c1ccc(F)c(F)c1.[HH].[HH]. The second-order valence-corrected chi connectivity index (χ2v) is 8.21. The molecule has 0 spiro atoms. The van der Waals surface area contributed by atoms with Crippen LogP contribution in [0.1, 0.15) is 25.9 Å². The Morgan fingerprint density at radius 1 is 1.32 bits per heavy atom. The highest BCUT2D eigenvalue weighted by Crippen LogP contribution is 2.29. The Morgan fingerprint density at radius 3 is 2.74 bits per heavy atom. The number of urea groups is 1. The lowest BCUT2D eigenvalue weighted by molar-refractivity contribution is 0.159. The van der Waals surface area contributed by atoms with E-state index in [9.17, 15) is 13.6 Å². The van der Waals surface area contributed by atoms with Crippen LogP contribution in [0.25, 0.3) is 5.57 Å². The Balaban J connectivity index is 0.00000324. The van der Waals surface area contributed by atoms with Gasteiger partial charge in [0.25, 0.3) is 0 Å². The van der Waals surface area contributed by atoms with Gasteiger partial charge in [-0.1, -0.05) is 37.5 Å². The molecule has 0 aliphatic carbocycles. The van der Waals surface area contributed by atoms with E-state index in [2.05, 4.69) is 33.7 Å². The van der Waals surface area contributed by atoms with E-state index < -0.39 is 17.7 Å². The second kappa shape index (κ2) is 11.2. The summed E-state index contributed by atoms with van der Waals surface area (Å²) in [5.74, 6) is -0.785. The third-order valence-corrected chi connectivity index (χ3v) is 6.04. The Labute approximate surface area is 201 Å². The summed E-state index contributed by atoms with van der Waals surface area (Å²) in [6.07, 6.45) is 5.04. The lowest BCUT2D eigenvalue weighted by Crippen LogP contribution is -2.42. The van der Waals surface area contributed by atoms with Gasteiger partial charge in [-0.25, -0.2) is 18.6 Å². The van der Waals surface area contributed by atoms with Crippen LogP contribution in [-0.4, -0.2) is 59.9 Å². The van der Waals surface area contributed by atoms with Crippen molar-refractivity contribution in [3.8, 4) is 0 Å². The quantitative estimate of drug-likeness (QED) is 0.525. The number of aryl methyl sites for hydroxylation is 1. The van der Waals surface area contributed by atoms with E-state index in [0.717, 1.165) is 11.6 Å². The van der Waals surface area contributed by atoms with Gasteiger partial charge in [-0.2, -0.15) is 0 Å². The maximum Gasteiger partial charge on any atom is 0.320 e. The number of rotatable bonds is 9. The number of ether oxygens (including phenoxy) is 1. The molecule has 2 amide bonds. The number of likely N-dealkylation sites (tertiary alicyclic amines) is 1. The monoisotopic (exact) mass is 475 g/mol. The number of benzene rings is 1. The minimum absolute atomic E-state index is 0. The van der Waals surface area contributed by atoms with Gasteiger partial charge >= 0.3 is 6.03 Å². The zero-order valence-electron chi connectivity index (χ0n) is 19.8. The third kappa shape index (κ3) is 5.60. The predicted octanol–water partition coefficient (Wildman–Crippen LogP) is 4.49. The number of allylic oxidation sites excluding steroid dienone is 4. The molecule has 7 nitrogen and oxygen atoms in total. The van der Waals surface area contributed by atoms with E-state index in [-0.39, 0.29) is 14.8 Å². The molecular formula is C25H35F2N5O2. The van der Waals surface area contributed by atoms with Crippen molar-refractivity contribution in [1.29, 1.82) is 0 Å². The van der Waals surface area contributed by atoms with Crippen molar-refractivity contribution in [3.63, 3.8) is 0 Å².